The van der Waals surface area contributed by atoms with Gasteiger partial charge in [0.2, 0.25) is 0 Å². The molecule has 0 fully saturated rings. The third-order valence-electron chi connectivity index (χ3n) is 12.8. The Kier molecular flexibility index (Phi) is 10.8. The highest BCUT2D eigenvalue weighted by Crippen LogP contribution is 2.45. The van der Waals surface area contributed by atoms with Crippen LogP contribution in [0.15, 0.2) is 194 Å². The van der Waals surface area contributed by atoms with Crippen LogP contribution in [-0.4, -0.2) is 19.5 Å². The lowest BCUT2D eigenvalue weighted by Crippen LogP contribution is -2.04. The van der Waals surface area contributed by atoms with Crippen LogP contribution < -0.4 is 0 Å². The van der Waals surface area contributed by atoms with E-state index in [1.54, 1.807) is 0 Å². The van der Waals surface area contributed by atoms with Gasteiger partial charge < -0.3 is 4.57 Å². The Hall–Kier alpha value is -9.23. The number of hydrogen-bond donors (Lipinski definition) is 0. The van der Waals surface area contributed by atoms with Gasteiger partial charge in [-0.2, -0.15) is 10.5 Å². The molecular formula is C63H44N6. The summed E-state index contributed by atoms with van der Waals surface area (Å²) in [6.07, 6.45) is 0. The summed E-state index contributed by atoms with van der Waals surface area (Å²) in [7, 11) is 0. The zero-order chi connectivity index (χ0) is 47.2. The summed E-state index contributed by atoms with van der Waals surface area (Å²) < 4.78 is 2.37. The van der Waals surface area contributed by atoms with E-state index >= 15 is 0 Å². The Morgan fingerprint density at radius 1 is 0.333 bits per heavy atom. The van der Waals surface area contributed by atoms with Crippen LogP contribution in [0.25, 0.3) is 106 Å². The van der Waals surface area contributed by atoms with E-state index in [-0.39, 0.29) is 0 Å². The van der Waals surface area contributed by atoms with Crippen molar-refractivity contribution in [2.75, 3.05) is 0 Å². The quantitative estimate of drug-likeness (QED) is 0.152. The van der Waals surface area contributed by atoms with E-state index in [4.69, 9.17) is 15.0 Å². The predicted molar refractivity (Wildman–Crippen MR) is 281 cm³/mol. The molecule has 0 radical (unpaired) electrons. The molecule has 0 unspecified atom stereocenters. The van der Waals surface area contributed by atoms with E-state index in [2.05, 4.69) is 141 Å². The molecule has 0 N–H and O–H groups in total. The minimum absolute atomic E-state index is 0.489. The van der Waals surface area contributed by atoms with Gasteiger partial charge >= 0.3 is 0 Å². The van der Waals surface area contributed by atoms with Crippen LogP contribution >= 0.6 is 0 Å². The van der Waals surface area contributed by atoms with Gasteiger partial charge in [-0.05, 0) is 122 Å². The first-order valence-electron chi connectivity index (χ1n) is 23.0. The Balaban J connectivity index is 1.27. The van der Waals surface area contributed by atoms with Crippen molar-refractivity contribution in [2.45, 2.75) is 27.7 Å². The van der Waals surface area contributed by atoms with Crippen molar-refractivity contribution < 1.29 is 0 Å². The molecule has 0 atom stereocenters. The van der Waals surface area contributed by atoms with Gasteiger partial charge in [-0.1, -0.05) is 156 Å². The highest BCUT2D eigenvalue weighted by atomic mass is 15.0. The molecule has 0 aliphatic rings. The summed E-state index contributed by atoms with van der Waals surface area (Å²) in [5.74, 6) is 1.58. The van der Waals surface area contributed by atoms with Crippen LogP contribution in [0.4, 0.5) is 0 Å². The number of rotatable bonds is 8. The Labute approximate surface area is 401 Å². The molecule has 0 aliphatic heterocycles. The van der Waals surface area contributed by atoms with Crippen LogP contribution in [0.5, 0.6) is 0 Å². The maximum atomic E-state index is 10.3. The standard InChI is InChI=1S/C63H44N6/c1-39-25-40(2)28-51(27-39)47-21-23-58-56(33-47)57-34-48(52-29-41(3)26-42(4)30-52)22-24-59(57)69(58)60-54(49-19-11-13-43(31-49)37-64)35-53(36-55(60)50-20-12-14-44(32-50)38-65)63-67-61(45-15-7-5-8-16-45)66-62(68-63)46-17-9-6-10-18-46/h5-36H,1-4H3. The highest BCUT2D eigenvalue weighted by Gasteiger charge is 2.24. The number of aryl methyl sites for hydroxylation is 4. The zero-order valence-electron chi connectivity index (χ0n) is 38.7. The van der Waals surface area contributed by atoms with E-state index < -0.39 is 0 Å². The molecule has 0 aliphatic carbocycles. The summed E-state index contributed by atoms with van der Waals surface area (Å²) in [5, 5.41) is 22.9. The molecule has 6 heteroatoms. The second-order valence-corrected chi connectivity index (χ2v) is 17.9. The van der Waals surface area contributed by atoms with E-state index in [1.807, 2.05) is 97.1 Å². The molecule has 2 aromatic heterocycles. The van der Waals surface area contributed by atoms with E-state index in [0.717, 1.165) is 88.7 Å². The van der Waals surface area contributed by atoms with Gasteiger partial charge in [0.1, 0.15) is 0 Å². The molecule has 9 aromatic carbocycles. The second-order valence-electron chi connectivity index (χ2n) is 17.9. The Morgan fingerprint density at radius 2 is 0.725 bits per heavy atom. The van der Waals surface area contributed by atoms with Crippen LogP contribution in [-0.2, 0) is 0 Å². The van der Waals surface area contributed by atoms with Crippen molar-refractivity contribution in [3.8, 4) is 96.5 Å². The van der Waals surface area contributed by atoms with Gasteiger partial charge in [-0.3, -0.25) is 0 Å². The van der Waals surface area contributed by atoms with Crippen molar-refractivity contribution in [1.82, 2.24) is 19.5 Å². The van der Waals surface area contributed by atoms with E-state index in [1.165, 1.54) is 22.3 Å². The molecule has 2 heterocycles. The Morgan fingerprint density at radius 3 is 1.13 bits per heavy atom. The molecule has 0 amide bonds. The van der Waals surface area contributed by atoms with Gasteiger partial charge in [0.15, 0.2) is 17.5 Å². The molecule has 6 nitrogen and oxygen atoms in total. The summed E-state index contributed by atoms with van der Waals surface area (Å²) in [4.78, 5) is 15.4. The van der Waals surface area contributed by atoms with E-state index in [0.29, 0.717) is 28.6 Å². The SMILES string of the molecule is Cc1cc(C)cc(-c2ccc3c(c2)c2cc(-c4cc(C)cc(C)c4)ccc2n3-c2c(-c3cccc(C#N)c3)cc(-c3nc(-c4ccccc4)nc(-c4ccccc4)n3)cc2-c2cccc(C#N)c2)c1. The van der Waals surface area contributed by atoms with Crippen molar-refractivity contribution in [3.63, 3.8) is 0 Å². The fourth-order valence-electron chi connectivity index (χ4n) is 9.80. The minimum atomic E-state index is 0.489. The number of nitrogens with zero attached hydrogens (tertiary/aromatic N) is 6. The summed E-state index contributed by atoms with van der Waals surface area (Å²) in [6.45, 7) is 8.59. The van der Waals surface area contributed by atoms with Crippen LogP contribution in [0, 0.1) is 50.4 Å². The van der Waals surface area contributed by atoms with Gasteiger partial charge in [0.05, 0.1) is 40.0 Å². The highest BCUT2D eigenvalue weighted by molar-refractivity contribution is 6.13. The predicted octanol–water partition coefficient (Wildman–Crippen LogP) is 15.6. The van der Waals surface area contributed by atoms with Crippen molar-refractivity contribution in [1.29, 1.82) is 10.5 Å². The van der Waals surface area contributed by atoms with Gasteiger partial charge in [0, 0.05) is 38.6 Å². The van der Waals surface area contributed by atoms with Crippen molar-refractivity contribution in [2.24, 2.45) is 0 Å². The zero-order valence-corrected chi connectivity index (χ0v) is 38.7. The molecule has 0 saturated carbocycles. The lowest BCUT2D eigenvalue weighted by Gasteiger charge is -2.21. The van der Waals surface area contributed by atoms with Gasteiger partial charge in [-0.25, -0.2) is 15.0 Å². The lowest BCUT2D eigenvalue weighted by molar-refractivity contribution is 1.07. The first-order chi connectivity index (χ1) is 33.7. The first-order valence-corrected chi connectivity index (χ1v) is 23.0. The molecule has 0 saturated heterocycles. The molecule has 11 rings (SSSR count). The minimum Gasteiger partial charge on any atom is -0.308 e. The van der Waals surface area contributed by atoms with Crippen molar-refractivity contribution >= 4 is 21.8 Å². The summed E-state index contributed by atoms with van der Waals surface area (Å²) in [5.41, 5.74) is 19.3. The molecule has 69 heavy (non-hydrogen) atoms. The number of hydrogen-bond acceptors (Lipinski definition) is 5. The normalized spacial score (nSPS) is 11.2. The second kappa shape index (κ2) is 17.5. The number of benzene rings is 9. The average molecular weight is 885 g/mol. The fourth-order valence-corrected chi connectivity index (χ4v) is 9.80. The van der Waals surface area contributed by atoms with Crippen LogP contribution in [0.2, 0.25) is 0 Å². The molecule has 11 aromatic rings. The van der Waals surface area contributed by atoms with E-state index in [9.17, 15) is 10.5 Å². The summed E-state index contributed by atoms with van der Waals surface area (Å²) >= 11 is 0. The average Bonchev–Trinajstić information content (AvgIpc) is 3.70. The summed E-state index contributed by atoms with van der Waals surface area (Å²) in [6, 6.07) is 71.5. The molecule has 0 spiro atoms. The molecule has 0 bridgehead atoms. The number of aromatic nitrogens is 4. The maximum Gasteiger partial charge on any atom is 0.164 e. The topological polar surface area (TPSA) is 91.2 Å². The smallest absolute Gasteiger partial charge is 0.164 e. The molecule has 326 valence electrons. The molecular weight excluding hydrogens is 841 g/mol. The van der Waals surface area contributed by atoms with Crippen LogP contribution in [0.3, 0.4) is 0 Å². The monoisotopic (exact) mass is 884 g/mol. The van der Waals surface area contributed by atoms with Gasteiger partial charge in [0.25, 0.3) is 0 Å². The maximum absolute atomic E-state index is 10.3. The third-order valence-corrected chi connectivity index (χ3v) is 12.8. The van der Waals surface area contributed by atoms with Crippen LogP contribution in [0.1, 0.15) is 33.4 Å². The largest absolute Gasteiger partial charge is 0.308 e. The number of fused-ring (bicyclic) bond motifs is 3. The van der Waals surface area contributed by atoms with Crippen molar-refractivity contribution in [3.05, 3.63) is 228 Å². The fraction of sp³-hybridized carbons (Fsp3) is 0.0635. The lowest BCUT2D eigenvalue weighted by atomic mass is 9.91. The Bertz CT molecular complexity index is 3620. The number of nitriles is 2. The van der Waals surface area contributed by atoms with Gasteiger partial charge in [-0.15, -0.1) is 0 Å². The third kappa shape index (κ3) is 8.12. The first kappa shape index (κ1) is 42.4.